The van der Waals surface area contributed by atoms with Crippen LogP contribution in [0.3, 0.4) is 0 Å². The maximum absolute atomic E-state index is 11.9. The van der Waals surface area contributed by atoms with Gasteiger partial charge in [0, 0.05) is 18.1 Å². The van der Waals surface area contributed by atoms with E-state index in [9.17, 15) is 4.79 Å². The Balaban J connectivity index is 3.05. The molecule has 0 saturated carbocycles. The van der Waals surface area contributed by atoms with Crippen LogP contribution < -0.4 is 5.43 Å². The van der Waals surface area contributed by atoms with Gasteiger partial charge in [-0.15, -0.1) is 0 Å². The first-order chi connectivity index (χ1) is 7.69. The standard InChI is InChI=1S/C13H12N2O/c1-3-15-8-10(7-14)13(16)11-6-4-5-9(2)12(11)15/h4-6,8H,3H2,1-2H3. The number of rotatable bonds is 1. The van der Waals surface area contributed by atoms with E-state index in [1.165, 1.54) is 0 Å². The van der Waals surface area contributed by atoms with Crippen LogP contribution in [-0.2, 0) is 6.54 Å². The van der Waals surface area contributed by atoms with E-state index in [0.29, 0.717) is 5.39 Å². The van der Waals surface area contributed by atoms with Gasteiger partial charge < -0.3 is 4.57 Å². The van der Waals surface area contributed by atoms with Crippen LogP contribution in [0.15, 0.2) is 29.2 Å². The van der Waals surface area contributed by atoms with E-state index in [4.69, 9.17) is 5.26 Å². The van der Waals surface area contributed by atoms with E-state index in [1.54, 1.807) is 12.3 Å². The van der Waals surface area contributed by atoms with Crippen LogP contribution in [0.4, 0.5) is 0 Å². The molecule has 0 saturated heterocycles. The Hall–Kier alpha value is -2.08. The van der Waals surface area contributed by atoms with Gasteiger partial charge in [0.25, 0.3) is 0 Å². The van der Waals surface area contributed by atoms with Gasteiger partial charge in [0.2, 0.25) is 5.43 Å². The molecule has 0 spiro atoms. The van der Waals surface area contributed by atoms with Crippen LogP contribution >= 0.6 is 0 Å². The summed E-state index contributed by atoms with van der Waals surface area (Å²) in [5.74, 6) is 0. The van der Waals surface area contributed by atoms with Crippen molar-refractivity contribution < 1.29 is 0 Å². The van der Waals surface area contributed by atoms with Crippen LogP contribution in [0.1, 0.15) is 18.1 Å². The lowest BCUT2D eigenvalue weighted by atomic mass is 10.1. The largest absolute Gasteiger partial charge is 0.346 e. The number of para-hydroxylation sites is 1. The third-order valence-corrected chi connectivity index (χ3v) is 2.76. The number of aryl methyl sites for hydroxylation is 2. The monoisotopic (exact) mass is 212 g/mol. The molecule has 16 heavy (non-hydrogen) atoms. The average Bonchev–Trinajstić information content (AvgIpc) is 2.30. The molecule has 0 fully saturated rings. The van der Waals surface area contributed by atoms with Crippen molar-refractivity contribution in [1.82, 2.24) is 4.57 Å². The zero-order chi connectivity index (χ0) is 11.7. The number of benzene rings is 1. The molecular formula is C13H12N2O. The molecule has 2 aromatic rings. The molecule has 0 radical (unpaired) electrons. The first-order valence-corrected chi connectivity index (χ1v) is 5.22. The van der Waals surface area contributed by atoms with Crippen molar-refractivity contribution in [2.24, 2.45) is 0 Å². The quantitative estimate of drug-likeness (QED) is 0.727. The molecule has 0 N–H and O–H groups in total. The SMILES string of the molecule is CCn1cc(C#N)c(=O)c2cccc(C)c21. The van der Waals surface area contributed by atoms with Gasteiger partial charge in [0.05, 0.1) is 5.52 Å². The minimum absolute atomic E-state index is 0.175. The van der Waals surface area contributed by atoms with Crippen molar-refractivity contribution >= 4 is 10.9 Å². The van der Waals surface area contributed by atoms with Gasteiger partial charge in [-0.05, 0) is 25.5 Å². The summed E-state index contributed by atoms with van der Waals surface area (Å²) in [7, 11) is 0. The lowest BCUT2D eigenvalue weighted by Crippen LogP contribution is -2.13. The van der Waals surface area contributed by atoms with Gasteiger partial charge >= 0.3 is 0 Å². The Morgan fingerprint density at radius 2 is 2.19 bits per heavy atom. The van der Waals surface area contributed by atoms with E-state index >= 15 is 0 Å². The number of nitriles is 1. The van der Waals surface area contributed by atoms with Crippen molar-refractivity contribution in [3.8, 4) is 6.07 Å². The molecule has 0 aliphatic carbocycles. The smallest absolute Gasteiger partial charge is 0.207 e. The van der Waals surface area contributed by atoms with Crippen molar-refractivity contribution in [2.45, 2.75) is 20.4 Å². The van der Waals surface area contributed by atoms with Crippen molar-refractivity contribution in [1.29, 1.82) is 5.26 Å². The van der Waals surface area contributed by atoms with E-state index in [-0.39, 0.29) is 11.0 Å². The van der Waals surface area contributed by atoms with Gasteiger partial charge in [-0.3, -0.25) is 4.79 Å². The Morgan fingerprint density at radius 3 is 2.81 bits per heavy atom. The summed E-state index contributed by atoms with van der Waals surface area (Å²) in [4.78, 5) is 11.9. The fourth-order valence-corrected chi connectivity index (χ4v) is 1.98. The highest BCUT2D eigenvalue weighted by molar-refractivity contribution is 5.83. The van der Waals surface area contributed by atoms with Gasteiger partial charge in [-0.1, -0.05) is 12.1 Å². The summed E-state index contributed by atoms with van der Waals surface area (Å²) in [5, 5.41) is 9.53. The molecule has 0 aliphatic rings. The van der Waals surface area contributed by atoms with Crippen LogP contribution in [0, 0.1) is 18.3 Å². The predicted molar refractivity (Wildman–Crippen MR) is 63.3 cm³/mol. The fraction of sp³-hybridized carbons (Fsp3) is 0.231. The van der Waals surface area contributed by atoms with E-state index in [2.05, 4.69) is 0 Å². The maximum atomic E-state index is 11.9. The molecule has 2 rings (SSSR count). The maximum Gasteiger partial charge on any atom is 0.207 e. The minimum Gasteiger partial charge on any atom is -0.346 e. The molecule has 0 amide bonds. The zero-order valence-corrected chi connectivity index (χ0v) is 9.32. The first-order valence-electron chi connectivity index (χ1n) is 5.22. The Kier molecular flexibility index (Phi) is 2.49. The molecular weight excluding hydrogens is 200 g/mol. The van der Waals surface area contributed by atoms with Gasteiger partial charge in [-0.2, -0.15) is 5.26 Å². The summed E-state index contributed by atoms with van der Waals surface area (Å²) in [6.45, 7) is 4.72. The third-order valence-electron chi connectivity index (χ3n) is 2.76. The summed E-state index contributed by atoms with van der Waals surface area (Å²) in [6.07, 6.45) is 1.64. The molecule has 1 aromatic carbocycles. The van der Waals surface area contributed by atoms with E-state index in [0.717, 1.165) is 17.6 Å². The average molecular weight is 212 g/mol. The molecule has 0 bridgehead atoms. The topological polar surface area (TPSA) is 45.8 Å². The summed E-state index contributed by atoms with van der Waals surface area (Å²) in [5.41, 5.74) is 2.01. The Morgan fingerprint density at radius 1 is 1.44 bits per heavy atom. The fourth-order valence-electron chi connectivity index (χ4n) is 1.98. The highest BCUT2D eigenvalue weighted by Gasteiger charge is 2.08. The second kappa shape index (κ2) is 3.82. The lowest BCUT2D eigenvalue weighted by Gasteiger charge is -2.11. The van der Waals surface area contributed by atoms with E-state index in [1.807, 2.05) is 36.6 Å². The Labute approximate surface area is 93.6 Å². The van der Waals surface area contributed by atoms with Crippen LogP contribution in [0.2, 0.25) is 0 Å². The number of fused-ring (bicyclic) bond motifs is 1. The number of hydrogen-bond donors (Lipinski definition) is 0. The van der Waals surface area contributed by atoms with Crippen LogP contribution in [-0.4, -0.2) is 4.57 Å². The highest BCUT2D eigenvalue weighted by Crippen LogP contribution is 2.16. The normalized spacial score (nSPS) is 10.3. The van der Waals surface area contributed by atoms with E-state index < -0.39 is 0 Å². The minimum atomic E-state index is -0.175. The predicted octanol–water partition coefficient (Wildman–Crippen LogP) is 2.20. The number of pyridine rings is 1. The van der Waals surface area contributed by atoms with Gasteiger partial charge in [0.1, 0.15) is 11.6 Å². The molecule has 3 nitrogen and oxygen atoms in total. The molecule has 0 unspecified atom stereocenters. The second-order valence-electron chi connectivity index (χ2n) is 3.74. The highest BCUT2D eigenvalue weighted by atomic mass is 16.1. The molecule has 0 atom stereocenters. The van der Waals surface area contributed by atoms with Crippen molar-refractivity contribution in [3.05, 3.63) is 45.7 Å². The van der Waals surface area contributed by atoms with Crippen molar-refractivity contribution in [3.63, 3.8) is 0 Å². The van der Waals surface area contributed by atoms with Crippen molar-refractivity contribution in [2.75, 3.05) is 0 Å². The van der Waals surface area contributed by atoms with Crippen LogP contribution in [0.5, 0.6) is 0 Å². The first kappa shape index (κ1) is 10.4. The summed E-state index contributed by atoms with van der Waals surface area (Å²) in [6, 6.07) is 7.54. The number of aromatic nitrogens is 1. The van der Waals surface area contributed by atoms with Crippen LogP contribution in [0.25, 0.3) is 10.9 Å². The summed E-state index contributed by atoms with van der Waals surface area (Å²) >= 11 is 0. The molecule has 1 aromatic heterocycles. The number of hydrogen-bond acceptors (Lipinski definition) is 2. The number of nitrogens with zero attached hydrogens (tertiary/aromatic N) is 2. The van der Waals surface area contributed by atoms with Gasteiger partial charge in [0.15, 0.2) is 0 Å². The van der Waals surface area contributed by atoms with Gasteiger partial charge in [-0.25, -0.2) is 0 Å². The third kappa shape index (κ3) is 1.40. The zero-order valence-electron chi connectivity index (χ0n) is 9.32. The summed E-state index contributed by atoms with van der Waals surface area (Å²) < 4.78 is 1.95. The molecule has 80 valence electrons. The lowest BCUT2D eigenvalue weighted by molar-refractivity contribution is 0.783. The molecule has 3 heteroatoms. The second-order valence-corrected chi connectivity index (χ2v) is 3.74. The molecule has 1 heterocycles. The molecule has 0 aliphatic heterocycles. The Bertz CT molecular complexity index is 647.